The molecule has 7 aromatic rings. The van der Waals surface area contributed by atoms with Crippen LogP contribution in [0, 0.1) is 20.8 Å². The summed E-state index contributed by atoms with van der Waals surface area (Å²) in [7, 11) is 6.47. The van der Waals surface area contributed by atoms with E-state index in [9.17, 15) is 0 Å². The van der Waals surface area contributed by atoms with E-state index >= 15 is 0 Å². The first-order valence-corrected chi connectivity index (χ1v) is 20.8. The van der Waals surface area contributed by atoms with E-state index in [0.717, 1.165) is 20.0 Å². The molecule has 0 bridgehead atoms. The smallest absolute Gasteiger partial charge is 0.224 e. The molecule has 10 rings (SSSR count). The topological polar surface area (TPSA) is 18.8 Å². The number of hydrogen-bond donors (Lipinski definition) is 0. The largest absolute Gasteiger partial charge is 0.319 e. The Kier molecular flexibility index (Phi) is 11.8. The predicted molar refractivity (Wildman–Crippen MR) is 253 cm³/mol. The normalized spacial score (nSPS) is 13.8. The Hall–Kier alpha value is -7.05. The lowest BCUT2D eigenvalue weighted by Crippen LogP contribution is -2.33. The first kappa shape index (κ1) is 39.8. The summed E-state index contributed by atoms with van der Waals surface area (Å²) in [6, 6.07) is 59.6. The van der Waals surface area contributed by atoms with Crippen LogP contribution in [0.2, 0.25) is 0 Å². The van der Waals surface area contributed by atoms with Gasteiger partial charge in [-0.3, -0.25) is 0 Å². The van der Waals surface area contributed by atoms with Crippen molar-refractivity contribution in [2.24, 2.45) is 0 Å². The molecule has 0 N–H and O–H groups in total. The van der Waals surface area contributed by atoms with Crippen molar-refractivity contribution in [1.82, 2.24) is 0 Å². The fourth-order valence-corrected chi connectivity index (χ4v) is 8.66. The molecule has 0 fully saturated rings. The summed E-state index contributed by atoms with van der Waals surface area (Å²) in [5.74, 6) is 0. The van der Waals surface area contributed by atoms with Gasteiger partial charge in [0.1, 0.15) is 0 Å². The van der Waals surface area contributed by atoms with Crippen LogP contribution in [0.1, 0.15) is 33.4 Å². The zero-order valence-electron chi connectivity index (χ0n) is 35.7. The summed E-state index contributed by atoms with van der Waals surface area (Å²) in [5, 5.41) is 0. The molecule has 0 spiro atoms. The van der Waals surface area contributed by atoms with Crippen molar-refractivity contribution >= 4 is 52.8 Å². The van der Waals surface area contributed by atoms with Gasteiger partial charge in [0.15, 0.2) is 18.6 Å². The lowest BCUT2D eigenvalue weighted by molar-refractivity contribution is -0.435. The number of fused-ring (bicyclic) bond motifs is 3. The van der Waals surface area contributed by atoms with Gasteiger partial charge in [0, 0.05) is 62.6 Å². The molecule has 0 atom stereocenters. The zero-order chi connectivity index (χ0) is 41.6. The molecule has 0 aromatic heterocycles. The third kappa shape index (κ3) is 8.55. The molecule has 0 saturated carbocycles. The summed E-state index contributed by atoms with van der Waals surface area (Å²) in [6.45, 7) is 9.13. The lowest BCUT2D eigenvalue weighted by Gasteiger charge is -2.26. The third-order valence-electron chi connectivity index (χ3n) is 11.4. The van der Waals surface area contributed by atoms with Gasteiger partial charge in [0.2, 0.25) is 37.1 Å². The van der Waals surface area contributed by atoms with Gasteiger partial charge >= 0.3 is 0 Å². The van der Waals surface area contributed by atoms with E-state index in [-0.39, 0.29) is 0 Å². The van der Waals surface area contributed by atoms with Gasteiger partial charge in [0.25, 0.3) is 0 Å². The fourth-order valence-electron chi connectivity index (χ4n) is 8.66. The molecule has 3 heterocycles. The monoisotopic (exact) mass is 787 g/mol. The minimum atomic E-state index is 0.848. The third-order valence-corrected chi connectivity index (χ3v) is 11.4. The Balaban J connectivity index is 0.000000126. The number of anilines is 3. The molecule has 6 nitrogen and oxygen atoms in total. The van der Waals surface area contributed by atoms with Crippen LogP contribution in [0.25, 0.3) is 11.1 Å². The summed E-state index contributed by atoms with van der Waals surface area (Å²) >= 11 is 0. The molecule has 6 heteroatoms. The quantitative estimate of drug-likeness (QED) is 0.166. The number of hydrogen-bond acceptors (Lipinski definition) is 3. The van der Waals surface area contributed by atoms with Gasteiger partial charge in [-0.15, -0.1) is 0 Å². The maximum atomic E-state index is 2.32. The molecule has 0 amide bonds. The van der Waals surface area contributed by atoms with Gasteiger partial charge < -0.3 is 14.7 Å². The second-order valence-corrected chi connectivity index (χ2v) is 15.9. The zero-order valence-corrected chi connectivity index (χ0v) is 35.7. The molecule has 3 aliphatic heterocycles. The van der Waals surface area contributed by atoms with Crippen molar-refractivity contribution < 1.29 is 13.7 Å². The van der Waals surface area contributed by atoms with E-state index in [1.54, 1.807) is 0 Å². The van der Waals surface area contributed by atoms with Crippen LogP contribution in [0.15, 0.2) is 170 Å². The van der Waals surface area contributed by atoms with Crippen LogP contribution in [0.4, 0.5) is 34.1 Å². The van der Waals surface area contributed by atoms with Crippen LogP contribution in [0.5, 0.6) is 0 Å². The van der Waals surface area contributed by atoms with Gasteiger partial charge in [-0.25, -0.2) is 0 Å². The van der Waals surface area contributed by atoms with Gasteiger partial charge in [-0.1, -0.05) is 121 Å². The van der Waals surface area contributed by atoms with E-state index in [1.165, 1.54) is 78.6 Å². The van der Waals surface area contributed by atoms with Crippen LogP contribution >= 0.6 is 0 Å². The highest BCUT2D eigenvalue weighted by atomic mass is 15.3. The van der Waals surface area contributed by atoms with Crippen molar-refractivity contribution in [2.45, 2.75) is 20.8 Å². The first-order valence-electron chi connectivity index (χ1n) is 20.8. The molecular weight excluding hydrogens is 733 g/mol. The second-order valence-electron chi connectivity index (χ2n) is 15.9. The molecule has 0 aliphatic carbocycles. The molecule has 0 unspecified atom stereocenters. The minimum Gasteiger partial charge on any atom is -0.319 e. The summed E-state index contributed by atoms with van der Waals surface area (Å²) in [5.41, 5.74) is 18.1. The van der Waals surface area contributed by atoms with Gasteiger partial charge in [0.05, 0.1) is 33.8 Å². The first-order chi connectivity index (χ1) is 29.2. The maximum Gasteiger partial charge on any atom is 0.224 e. The average molecular weight is 788 g/mol. The van der Waals surface area contributed by atoms with Gasteiger partial charge in [-0.2, -0.15) is 13.7 Å². The van der Waals surface area contributed by atoms with Crippen molar-refractivity contribution in [3.8, 4) is 11.1 Å². The minimum absolute atomic E-state index is 0.848. The highest BCUT2D eigenvalue weighted by molar-refractivity contribution is 5.95. The Morgan fingerprint density at radius 2 is 0.733 bits per heavy atom. The molecular formula is C54H55N6+3. The van der Waals surface area contributed by atoms with E-state index in [0.29, 0.717) is 0 Å². The van der Waals surface area contributed by atoms with Crippen molar-refractivity contribution in [1.29, 1.82) is 0 Å². The second kappa shape index (κ2) is 17.8. The standard InChI is InChI=1S/C21H19N2.C17H19N2.C16H17N2/c1-22-16-23(19-12-6-3-7-13-19)15-18-11-8-14-20(21(18)22)17-9-4-2-5-10-17;1-13-7-4-5-10-16(13)19-11-15-9-6-8-14(2)17(15)18(3)12-19;1-13-7-6-8-14-11-18(12-17(2)16(13)14)15-9-4-3-5-10-15/h2-15H,16H2,1H3;4-11H,12H2,1-3H3;3-11H,12H2,1-2H3/q3*+1. The highest BCUT2D eigenvalue weighted by Crippen LogP contribution is 2.35. The number of aryl methyl sites for hydroxylation is 3. The van der Waals surface area contributed by atoms with Crippen LogP contribution in [-0.2, 0) is 0 Å². The van der Waals surface area contributed by atoms with E-state index in [2.05, 4.69) is 259 Å². The molecule has 60 heavy (non-hydrogen) atoms. The summed E-state index contributed by atoms with van der Waals surface area (Å²) in [6.07, 6.45) is 6.74. The van der Waals surface area contributed by atoms with Crippen LogP contribution < -0.4 is 14.7 Å². The van der Waals surface area contributed by atoms with Crippen molar-refractivity contribution in [3.05, 3.63) is 203 Å². The van der Waals surface area contributed by atoms with Gasteiger partial charge in [-0.05, 0) is 55.7 Å². The Bertz CT molecular complexity index is 2700. The Morgan fingerprint density at radius 3 is 1.25 bits per heavy atom. The van der Waals surface area contributed by atoms with Crippen LogP contribution in [0.3, 0.4) is 0 Å². The molecule has 0 saturated heterocycles. The molecule has 3 aliphatic rings. The number of para-hydroxylation sites is 6. The maximum absolute atomic E-state index is 2.32. The highest BCUT2D eigenvalue weighted by Gasteiger charge is 2.26. The molecule has 0 radical (unpaired) electrons. The number of nitrogens with zero attached hydrogens (tertiary/aromatic N) is 6. The Morgan fingerprint density at radius 1 is 0.350 bits per heavy atom. The van der Waals surface area contributed by atoms with Crippen molar-refractivity contribution in [2.75, 3.05) is 55.8 Å². The summed E-state index contributed by atoms with van der Waals surface area (Å²) < 4.78 is 6.88. The summed E-state index contributed by atoms with van der Waals surface area (Å²) in [4.78, 5) is 6.94. The van der Waals surface area contributed by atoms with E-state index in [4.69, 9.17) is 0 Å². The predicted octanol–water partition coefficient (Wildman–Crippen LogP) is 11.2. The van der Waals surface area contributed by atoms with E-state index in [1.807, 2.05) is 0 Å². The number of rotatable bonds is 4. The fraction of sp³-hybridized carbons (Fsp3) is 0.167. The average Bonchev–Trinajstić information content (AvgIpc) is 3.27. The lowest BCUT2D eigenvalue weighted by atomic mass is 9.99. The Labute approximate surface area is 356 Å². The molecule has 298 valence electrons. The SMILES string of the molecule is CN1C[N+](c2ccccc2)=Cc2cccc(-c3ccccc3)c21.Cc1cccc2c1N(C)C[N+](c1ccccc1)=C2.Cc1ccccc1[N+]1=Cc2cccc(C)c2N(C)C1. The van der Waals surface area contributed by atoms with E-state index < -0.39 is 0 Å². The van der Waals surface area contributed by atoms with Crippen molar-refractivity contribution in [3.63, 3.8) is 0 Å². The number of benzene rings is 7. The van der Waals surface area contributed by atoms with Crippen LogP contribution in [-0.4, -0.2) is 73.5 Å². The molecule has 7 aromatic carbocycles.